The van der Waals surface area contributed by atoms with E-state index in [-0.39, 0.29) is 6.29 Å². The Labute approximate surface area is 281 Å². The van der Waals surface area contributed by atoms with Crippen molar-refractivity contribution in [1.29, 1.82) is 0 Å². The van der Waals surface area contributed by atoms with Crippen LogP contribution in [0.1, 0.15) is 17.4 Å². The summed E-state index contributed by atoms with van der Waals surface area (Å²) in [5, 5.41) is 11.3. The zero-order valence-corrected chi connectivity index (χ0v) is 26.8. The summed E-state index contributed by atoms with van der Waals surface area (Å²) in [7, 11) is 0. The van der Waals surface area contributed by atoms with Crippen LogP contribution in [0, 0.1) is 0 Å². The van der Waals surface area contributed by atoms with Gasteiger partial charge >= 0.3 is 0 Å². The van der Waals surface area contributed by atoms with Crippen LogP contribution >= 0.6 is 11.3 Å². The van der Waals surface area contributed by atoms with Crippen molar-refractivity contribution >= 4 is 75.5 Å². The van der Waals surface area contributed by atoms with Crippen LogP contribution in [0.2, 0.25) is 0 Å². The maximum Gasteiger partial charge on any atom is 0.201 e. The van der Waals surface area contributed by atoms with Crippen molar-refractivity contribution < 1.29 is 0 Å². The van der Waals surface area contributed by atoms with Gasteiger partial charge in [-0.05, 0) is 81.6 Å². The fourth-order valence-electron chi connectivity index (χ4n) is 7.28. The number of thiophene rings is 1. The Hall–Kier alpha value is -5.97. The Kier molecular flexibility index (Phi) is 6.11. The predicted molar refractivity (Wildman–Crippen MR) is 205 cm³/mol. The molecule has 0 amide bonds. The molecule has 0 spiro atoms. The number of nitrogens with zero attached hydrogens (tertiary/aromatic N) is 2. The van der Waals surface area contributed by atoms with Gasteiger partial charge in [-0.15, -0.1) is 11.3 Å². The average Bonchev–Trinajstić information content (AvgIpc) is 3.69. The van der Waals surface area contributed by atoms with Crippen molar-refractivity contribution in [2.45, 2.75) is 6.29 Å². The first-order valence-corrected chi connectivity index (χ1v) is 17.1. The second kappa shape index (κ2) is 10.8. The van der Waals surface area contributed by atoms with E-state index in [0.717, 1.165) is 33.6 Å². The van der Waals surface area contributed by atoms with Crippen LogP contribution in [0.25, 0.3) is 69.6 Å². The number of fused-ring (bicyclic) bond motifs is 7. The number of hydrogen-bond donors (Lipinski definition) is 1. The van der Waals surface area contributed by atoms with Crippen LogP contribution in [0.3, 0.4) is 0 Å². The van der Waals surface area contributed by atoms with E-state index in [4.69, 9.17) is 4.99 Å². The number of allylic oxidation sites excluding steroid dienone is 1. The lowest BCUT2D eigenvalue weighted by molar-refractivity contribution is 0.508. The fraction of sp³-hybridized carbons (Fsp3) is 0.0227. The van der Waals surface area contributed by atoms with E-state index in [1.165, 1.54) is 52.8 Å². The standard InChI is InChI=1S/C44H29N3S/c1-3-11-28(12-4-1)38-27-39(29-13-5-2-6-14-29)46-44(45-38)47-40-21-19-32(24-35(40)36-23-30-15-7-8-16-31(30)26-41(36)47)33-20-22-43-37(25-33)34-17-9-10-18-42(34)48-43/h1-27,44-45H. The molecule has 0 saturated heterocycles. The SMILES string of the molecule is C1=C(c2ccccc2)NC(n2c3ccc(-c4ccc5sc6ccccc6c5c4)cc3c3cc4ccccc4cc32)N=C1c1ccccc1. The summed E-state index contributed by atoms with van der Waals surface area (Å²) in [6, 6.07) is 56.9. The molecule has 0 fully saturated rings. The summed E-state index contributed by atoms with van der Waals surface area (Å²) < 4.78 is 5.03. The molecular weight excluding hydrogens is 603 g/mol. The summed E-state index contributed by atoms with van der Waals surface area (Å²) in [6.45, 7) is 0. The maximum atomic E-state index is 5.38. The van der Waals surface area contributed by atoms with Crippen molar-refractivity contribution in [2.75, 3.05) is 0 Å². The molecule has 0 saturated carbocycles. The van der Waals surface area contributed by atoms with Crippen LogP contribution in [0.4, 0.5) is 0 Å². The molecule has 1 unspecified atom stereocenters. The highest BCUT2D eigenvalue weighted by Crippen LogP contribution is 2.40. The highest BCUT2D eigenvalue weighted by atomic mass is 32.1. The molecule has 3 heterocycles. The zero-order chi connectivity index (χ0) is 31.6. The van der Waals surface area contributed by atoms with E-state index < -0.39 is 0 Å². The number of aromatic nitrogens is 1. The van der Waals surface area contributed by atoms with Gasteiger partial charge in [0, 0.05) is 36.6 Å². The number of hydrogen-bond acceptors (Lipinski definition) is 3. The second-order valence-corrected chi connectivity index (χ2v) is 13.5. The summed E-state index contributed by atoms with van der Waals surface area (Å²) in [5.74, 6) is 0. The van der Waals surface area contributed by atoms with Gasteiger partial charge in [-0.25, -0.2) is 4.99 Å². The highest BCUT2D eigenvalue weighted by Gasteiger charge is 2.24. The maximum absolute atomic E-state index is 5.38. The van der Waals surface area contributed by atoms with Gasteiger partial charge in [0.1, 0.15) is 0 Å². The second-order valence-electron chi connectivity index (χ2n) is 12.5. The van der Waals surface area contributed by atoms with E-state index in [1.807, 2.05) is 11.3 Å². The van der Waals surface area contributed by atoms with Gasteiger partial charge in [0.2, 0.25) is 6.29 Å². The van der Waals surface area contributed by atoms with Crippen LogP contribution in [0.5, 0.6) is 0 Å². The van der Waals surface area contributed by atoms with Gasteiger partial charge in [-0.1, -0.05) is 115 Å². The van der Waals surface area contributed by atoms with Gasteiger partial charge in [-0.3, -0.25) is 0 Å². The molecular formula is C44H29N3S. The number of benzene rings is 7. The van der Waals surface area contributed by atoms with Crippen molar-refractivity contribution in [1.82, 2.24) is 9.88 Å². The van der Waals surface area contributed by atoms with E-state index >= 15 is 0 Å². The molecule has 0 bridgehead atoms. The van der Waals surface area contributed by atoms with Crippen LogP contribution < -0.4 is 5.32 Å². The first-order chi connectivity index (χ1) is 23.8. The summed E-state index contributed by atoms with van der Waals surface area (Å²) in [4.78, 5) is 5.38. The minimum Gasteiger partial charge on any atom is -0.346 e. The molecule has 1 aliphatic heterocycles. The van der Waals surface area contributed by atoms with Crippen molar-refractivity contribution in [2.24, 2.45) is 4.99 Å². The molecule has 1 atom stereocenters. The Morgan fingerprint density at radius 2 is 1.10 bits per heavy atom. The Bertz CT molecular complexity index is 2750. The number of nitrogens with one attached hydrogen (secondary N) is 1. The molecule has 4 heteroatoms. The lowest BCUT2D eigenvalue weighted by atomic mass is 10.00. The van der Waals surface area contributed by atoms with Crippen molar-refractivity contribution in [3.05, 3.63) is 175 Å². The van der Waals surface area contributed by atoms with Gasteiger partial charge in [-0.2, -0.15) is 0 Å². The minimum absolute atomic E-state index is 0.346. The normalized spacial score (nSPS) is 14.9. The molecule has 2 aromatic heterocycles. The molecule has 7 aromatic carbocycles. The van der Waals surface area contributed by atoms with Gasteiger partial charge in [0.05, 0.1) is 16.7 Å². The van der Waals surface area contributed by atoms with E-state index in [9.17, 15) is 0 Å². The fourth-order valence-corrected chi connectivity index (χ4v) is 8.36. The smallest absolute Gasteiger partial charge is 0.201 e. The lowest BCUT2D eigenvalue weighted by Gasteiger charge is -2.27. The molecule has 1 N–H and O–H groups in total. The molecule has 1 aliphatic rings. The lowest BCUT2D eigenvalue weighted by Crippen LogP contribution is -2.29. The van der Waals surface area contributed by atoms with Crippen LogP contribution in [-0.2, 0) is 0 Å². The van der Waals surface area contributed by atoms with Crippen molar-refractivity contribution in [3.63, 3.8) is 0 Å². The van der Waals surface area contributed by atoms with Crippen LogP contribution in [-0.4, -0.2) is 10.3 Å². The Balaban J connectivity index is 1.20. The molecule has 48 heavy (non-hydrogen) atoms. The monoisotopic (exact) mass is 631 g/mol. The molecule has 9 aromatic rings. The summed E-state index contributed by atoms with van der Waals surface area (Å²) in [6.07, 6.45) is 1.83. The molecule has 0 radical (unpaired) electrons. The molecule has 10 rings (SSSR count). The van der Waals surface area contributed by atoms with E-state index in [0.29, 0.717) is 0 Å². The first kappa shape index (κ1) is 27.2. The number of rotatable bonds is 4. The summed E-state index contributed by atoms with van der Waals surface area (Å²) >= 11 is 1.86. The first-order valence-electron chi connectivity index (χ1n) is 16.3. The summed E-state index contributed by atoms with van der Waals surface area (Å²) in [5.41, 5.74) is 8.99. The largest absolute Gasteiger partial charge is 0.346 e. The highest BCUT2D eigenvalue weighted by molar-refractivity contribution is 7.25. The Morgan fingerprint density at radius 1 is 0.479 bits per heavy atom. The molecule has 3 nitrogen and oxygen atoms in total. The van der Waals surface area contributed by atoms with Gasteiger partial charge in [0.15, 0.2) is 0 Å². The third kappa shape index (κ3) is 4.38. The van der Waals surface area contributed by atoms with Gasteiger partial charge in [0.25, 0.3) is 0 Å². The average molecular weight is 632 g/mol. The van der Waals surface area contributed by atoms with E-state index in [2.05, 4.69) is 174 Å². The van der Waals surface area contributed by atoms with Gasteiger partial charge < -0.3 is 9.88 Å². The molecule has 226 valence electrons. The quantitative estimate of drug-likeness (QED) is 0.206. The van der Waals surface area contributed by atoms with E-state index in [1.54, 1.807) is 0 Å². The minimum atomic E-state index is -0.346. The topological polar surface area (TPSA) is 29.3 Å². The van der Waals surface area contributed by atoms with Crippen molar-refractivity contribution in [3.8, 4) is 11.1 Å². The Morgan fingerprint density at radius 3 is 1.92 bits per heavy atom. The van der Waals surface area contributed by atoms with Crippen LogP contribution in [0.15, 0.2) is 169 Å². The third-order valence-electron chi connectivity index (χ3n) is 9.61. The zero-order valence-electron chi connectivity index (χ0n) is 26.0. The molecule has 0 aliphatic carbocycles. The predicted octanol–water partition coefficient (Wildman–Crippen LogP) is 11.6. The number of aliphatic imine (C=N–C) groups is 1. The third-order valence-corrected chi connectivity index (χ3v) is 10.8.